The summed E-state index contributed by atoms with van der Waals surface area (Å²) in [6.07, 6.45) is 3.55. The summed E-state index contributed by atoms with van der Waals surface area (Å²) in [6.45, 7) is 2.18. The fourth-order valence-corrected chi connectivity index (χ4v) is 3.19. The molecule has 3 nitrogen and oxygen atoms in total. The van der Waals surface area contributed by atoms with Gasteiger partial charge in [0.15, 0.2) is 0 Å². The third kappa shape index (κ3) is 2.13. The molecule has 0 amide bonds. The average molecular weight is 247 g/mol. The molecule has 0 radical (unpaired) electrons. The molecule has 0 bridgehead atoms. The third-order valence-corrected chi connectivity index (χ3v) is 4.29. The monoisotopic (exact) mass is 247 g/mol. The summed E-state index contributed by atoms with van der Waals surface area (Å²) in [5.41, 5.74) is 0.791. The Hall–Kier alpha value is -1.06. The first-order chi connectivity index (χ1) is 8.69. The zero-order valence-corrected chi connectivity index (χ0v) is 10.9. The zero-order chi connectivity index (χ0) is 12.6. The Morgan fingerprint density at radius 2 is 2.11 bits per heavy atom. The van der Waals surface area contributed by atoms with Crippen molar-refractivity contribution in [2.24, 2.45) is 0 Å². The summed E-state index contributed by atoms with van der Waals surface area (Å²) in [6, 6.07) is 7.89. The van der Waals surface area contributed by atoms with Gasteiger partial charge in [-0.25, -0.2) is 0 Å². The summed E-state index contributed by atoms with van der Waals surface area (Å²) < 4.78 is 6.27. The second kappa shape index (κ2) is 4.56. The zero-order valence-electron chi connectivity index (χ0n) is 10.9. The molecule has 1 saturated heterocycles. The number of rotatable bonds is 0. The van der Waals surface area contributed by atoms with Gasteiger partial charge in [0.1, 0.15) is 11.4 Å². The van der Waals surface area contributed by atoms with Crippen molar-refractivity contribution in [3.8, 4) is 5.75 Å². The number of aliphatic hydroxyl groups excluding tert-OH is 1. The molecule has 1 unspecified atom stereocenters. The number of ether oxygens (including phenoxy) is 1. The lowest BCUT2D eigenvalue weighted by atomic mass is 9.83. The van der Waals surface area contributed by atoms with Crippen molar-refractivity contribution >= 4 is 0 Å². The molecule has 0 saturated carbocycles. The Morgan fingerprint density at radius 3 is 3.00 bits per heavy atom. The van der Waals surface area contributed by atoms with Gasteiger partial charge in [-0.15, -0.1) is 0 Å². The molecule has 3 rings (SSSR count). The van der Waals surface area contributed by atoms with Gasteiger partial charge in [0.05, 0.1) is 6.10 Å². The van der Waals surface area contributed by atoms with Crippen LogP contribution < -0.4 is 4.74 Å². The summed E-state index contributed by atoms with van der Waals surface area (Å²) >= 11 is 0. The maximum absolute atomic E-state index is 10.3. The van der Waals surface area contributed by atoms with E-state index < -0.39 is 0 Å². The molecule has 0 aromatic heterocycles. The predicted molar refractivity (Wildman–Crippen MR) is 70.7 cm³/mol. The highest BCUT2D eigenvalue weighted by molar-refractivity contribution is 5.38. The lowest BCUT2D eigenvalue weighted by molar-refractivity contribution is -0.0235. The van der Waals surface area contributed by atoms with Crippen LogP contribution in [-0.2, 0) is 0 Å². The largest absolute Gasteiger partial charge is 0.487 e. The van der Waals surface area contributed by atoms with E-state index in [1.54, 1.807) is 0 Å². The van der Waals surface area contributed by atoms with Gasteiger partial charge >= 0.3 is 0 Å². The van der Waals surface area contributed by atoms with Gasteiger partial charge in [-0.05, 0) is 38.9 Å². The number of likely N-dealkylation sites (tertiary alicyclic amines) is 1. The molecule has 18 heavy (non-hydrogen) atoms. The number of hydrogen-bond donors (Lipinski definition) is 1. The summed E-state index contributed by atoms with van der Waals surface area (Å²) in [4.78, 5) is 2.35. The number of nitrogens with zero attached hydrogens (tertiary/aromatic N) is 1. The maximum Gasteiger partial charge on any atom is 0.125 e. The number of benzene rings is 1. The maximum atomic E-state index is 10.3. The minimum atomic E-state index is -0.377. The van der Waals surface area contributed by atoms with Gasteiger partial charge in [-0.2, -0.15) is 0 Å². The van der Waals surface area contributed by atoms with E-state index in [4.69, 9.17) is 4.74 Å². The van der Waals surface area contributed by atoms with E-state index in [1.165, 1.54) is 0 Å². The molecule has 2 aliphatic heterocycles. The quantitative estimate of drug-likeness (QED) is 0.764. The topological polar surface area (TPSA) is 32.7 Å². The molecule has 1 aromatic rings. The van der Waals surface area contributed by atoms with Crippen molar-refractivity contribution in [1.82, 2.24) is 4.90 Å². The minimum Gasteiger partial charge on any atom is -0.487 e. The van der Waals surface area contributed by atoms with Crippen LogP contribution in [-0.4, -0.2) is 35.7 Å². The highest BCUT2D eigenvalue weighted by atomic mass is 16.5. The molecule has 1 N–H and O–H groups in total. The Labute approximate surface area is 108 Å². The van der Waals surface area contributed by atoms with E-state index in [0.717, 1.165) is 50.1 Å². The van der Waals surface area contributed by atoms with Crippen LogP contribution in [0.15, 0.2) is 24.3 Å². The van der Waals surface area contributed by atoms with E-state index >= 15 is 0 Å². The summed E-state index contributed by atoms with van der Waals surface area (Å²) in [5.74, 6) is 0.876. The van der Waals surface area contributed by atoms with Crippen LogP contribution in [0, 0.1) is 0 Å². The second-order valence-electron chi connectivity index (χ2n) is 5.70. The average Bonchev–Trinajstić information content (AvgIpc) is 2.53. The van der Waals surface area contributed by atoms with Crippen molar-refractivity contribution in [3.05, 3.63) is 29.8 Å². The van der Waals surface area contributed by atoms with Gasteiger partial charge in [-0.1, -0.05) is 18.2 Å². The predicted octanol–water partition coefficient (Wildman–Crippen LogP) is 2.36. The molecule has 3 heteroatoms. The first kappa shape index (κ1) is 12.0. The van der Waals surface area contributed by atoms with E-state index in [1.807, 2.05) is 24.3 Å². The second-order valence-corrected chi connectivity index (χ2v) is 5.70. The fraction of sp³-hybridized carbons (Fsp3) is 0.600. The molecular weight excluding hydrogens is 226 g/mol. The summed E-state index contributed by atoms with van der Waals surface area (Å²) in [7, 11) is 2.16. The van der Waals surface area contributed by atoms with Crippen molar-refractivity contribution in [2.45, 2.75) is 37.4 Å². The van der Waals surface area contributed by atoms with E-state index in [2.05, 4.69) is 11.9 Å². The van der Waals surface area contributed by atoms with Gasteiger partial charge < -0.3 is 14.7 Å². The van der Waals surface area contributed by atoms with E-state index in [9.17, 15) is 5.11 Å². The van der Waals surface area contributed by atoms with Gasteiger partial charge in [0.2, 0.25) is 0 Å². The molecule has 1 fully saturated rings. The van der Waals surface area contributed by atoms with Crippen LogP contribution in [0.1, 0.15) is 37.4 Å². The van der Waals surface area contributed by atoms with Gasteiger partial charge in [-0.3, -0.25) is 0 Å². The van der Waals surface area contributed by atoms with E-state index in [-0.39, 0.29) is 11.7 Å². The third-order valence-electron chi connectivity index (χ3n) is 4.29. The van der Waals surface area contributed by atoms with Crippen LogP contribution in [0.3, 0.4) is 0 Å². The Bertz CT molecular complexity index is 434. The van der Waals surface area contributed by atoms with Gasteiger partial charge in [0.25, 0.3) is 0 Å². The normalized spacial score (nSPS) is 32.7. The SMILES string of the molecule is CN1CCCC2(CC1)C[C@@H](O)c1ccccc1O2. The molecule has 0 aliphatic carbocycles. The fourth-order valence-electron chi connectivity index (χ4n) is 3.19. The van der Waals surface area contributed by atoms with Crippen molar-refractivity contribution in [1.29, 1.82) is 0 Å². The number of hydrogen-bond acceptors (Lipinski definition) is 3. The highest BCUT2D eigenvalue weighted by Crippen LogP contribution is 2.43. The first-order valence-electron chi connectivity index (χ1n) is 6.83. The molecule has 1 spiro atoms. The number of para-hydroxylation sites is 1. The van der Waals surface area contributed by atoms with Gasteiger partial charge in [0, 0.05) is 18.5 Å². The lowest BCUT2D eigenvalue weighted by Crippen LogP contribution is -2.41. The first-order valence-corrected chi connectivity index (χ1v) is 6.83. The Morgan fingerprint density at radius 1 is 1.28 bits per heavy atom. The van der Waals surface area contributed by atoms with Crippen molar-refractivity contribution < 1.29 is 9.84 Å². The van der Waals surface area contributed by atoms with Crippen LogP contribution in [0.4, 0.5) is 0 Å². The highest BCUT2D eigenvalue weighted by Gasteiger charge is 2.40. The number of aliphatic hydroxyl groups is 1. The molecule has 2 atom stereocenters. The number of fused-ring (bicyclic) bond motifs is 1. The lowest BCUT2D eigenvalue weighted by Gasteiger charge is -2.40. The Balaban J connectivity index is 1.88. The molecule has 98 valence electrons. The minimum absolute atomic E-state index is 0.154. The smallest absolute Gasteiger partial charge is 0.125 e. The molecule has 2 aliphatic rings. The van der Waals surface area contributed by atoms with Crippen molar-refractivity contribution in [2.75, 3.05) is 20.1 Å². The van der Waals surface area contributed by atoms with Crippen LogP contribution in [0.25, 0.3) is 0 Å². The Kier molecular flexibility index (Phi) is 3.04. The molecule has 2 heterocycles. The molecular formula is C15H21NO2. The summed E-state index contributed by atoms with van der Waals surface area (Å²) in [5, 5.41) is 10.3. The van der Waals surface area contributed by atoms with Crippen molar-refractivity contribution in [3.63, 3.8) is 0 Å². The van der Waals surface area contributed by atoms with Crippen LogP contribution >= 0.6 is 0 Å². The standard InChI is InChI=1S/C15H21NO2/c1-16-9-4-7-15(8-10-16)11-13(17)12-5-2-3-6-14(12)18-15/h2-3,5-6,13,17H,4,7-11H2,1H3/t13-,15?/m1/s1. The van der Waals surface area contributed by atoms with Crippen LogP contribution in [0.2, 0.25) is 0 Å². The molecule has 1 aromatic carbocycles. The van der Waals surface area contributed by atoms with Crippen LogP contribution in [0.5, 0.6) is 5.75 Å². The van der Waals surface area contributed by atoms with E-state index in [0.29, 0.717) is 0 Å².